The Morgan fingerprint density at radius 3 is 2.80 bits per heavy atom. The summed E-state index contributed by atoms with van der Waals surface area (Å²) >= 11 is 0. The number of hydrogen-bond donors (Lipinski definition) is 0. The van der Waals surface area contributed by atoms with Gasteiger partial charge in [0.1, 0.15) is 23.5 Å². The number of benzene rings is 1. The Hall–Kier alpha value is -2.83. The first-order valence-electron chi connectivity index (χ1n) is 8.03. The van der Waals surface area contributed by atoms with Crippen LogP contribution in [0.5, 0.6) is 0 Å². The highest BCUT2D eigenvalue weighted by Crippen LogP contribution is 2.39. The van der Waals surface area contributed by atoms with E-state index in [0.717, 1.165) is 17.7 Å². The first-order valence-corrected chi connectivity index (χ1v) is 8.03. The monoisotopic (exact) mass is 341 g/mol. The first kappa shape index (κ1) is 17.0. The Kier molecular flexibility index (Phi) is 4.48. The quantitative estimate of drug-likeness (QED) is 0.806. The number of halogens is 1. The highest BCUT2D eigenvalue weighted by Gasteiger charge is 2.25. The molecule has 7 heteroatoms. The summed E-state index contributed by atoms with van der Waals surface area (Å²) in [6.07, 6.45) is 2.21. The lowest BCUT2D eigenvalue weighted by molar-refractivity contribution is -0.121. The molecule has 6 nitrogen and oxygen atoms in total. The van der Waals surface area contributed by atoms with Gasteiger partial charge >= 0.3 is 0 Å². The maximum atomic E-state index is 13.5. The average Bonchev–Trinajstić information content (AvgIpc) is 2.98. The third kappa shape index (κ3) is 3.22. The lowest BCUT2D eigenvalue weighted by atomic mass is 10.1. The number of amides is 1. The van der Waals surface area contributed by atoms with Crippen molar-refractivity contribution in [1.29, 1.82) is 0 Å². The van der Waals surface area contributed by atoms with Gasteiger partial charge in [0.2, 0.25) is 0 Å². The van der Waals surface area contributed by atoms with E-state index < -0.39 is 0 Å². The van der Waals surface area contributed by atoms with Crippen LogP contribution in [0.25, 0.3) is 0 Å². The number of aliphatic imine (C=N–C) groups is 1. The van der Waals surface area contributed by atoms with E-state index in [0.29, 0.717) is 29.5 Å². The van der Waals surface area contributed by atoms with Crippen LogP contribution in [-0.4, -0.2) is 47.1 Å². The van der Waals surface area contributed by atoms with Crippen molar-refractivity contribution in [1.82, 2.24) is 14.9 Å². The number of aryl methyl sites for hydroxylation is 1. The van der Waals surface area contributed by atoms with Gasteiger partial charge < -0.3 is 9.80 Å². The van der Waals surface area contributed by atoms with Gasteiger partial charge in [-0.25, -0.2) is 19.4 Å². The predicted molar refractivity (Wildman–Crippen MR) is 95.3 cm³/mol. The van der Waals surface area contributed by atoms with Crippen molar-refractivity contribution in [3.63, 3.8) is 0 Å². The molecule has 0 saturated heterocycles. The number of aromatic nitrogens is 2. The van der Waals surface area contributed by atoms with Crippen LogP contribution in [-0.2, 0) is 11.2 Å². The first-order chi connectivity index (χ1) is 11.9. The maximum Gasteiger partial charge on any atom is 0.267 e. The summed E-state index contributed by atoms with van der Waals surface area (Å²) in [5, 5.41) is 0. The molecule has 0 bridgehead atoms. The minimum Gasteiger partial charge on any atom is -0.344 e. The molecule has 1 aliphatic heterocycles. The standard InChI is InChI=1S/C18H20FN5O/c1-11-16(22-12(2)18(25)23(3)4)17(21-10-20-11)24-8-7-13-9-14(19)5-6-15(13)24/h5-6,9-10H,7-8H2,1-4H3/b22-12+. The number of carbonyl (C=O) groups is 1. The van der Waals surface area contributed by atoms with Crippen LogP contribution in [0.1, 0.15) is 18.2 Å². The molecule has 1 aromatic heterocycles. The molecule has 0 fully saturated rings. The molecular formula is C18H20FN5O. The van der Waals surface area contributed by atoms with Crippen LogP contribution in [0.2, 0.25) is 0 Å². The molecule has 1 aliphatic rings. The van der Waals surface area contributed by atoms with E-state index >= 15 is 0 Å². The van der Waals surface area contributed by atoms with Gasteiger partial charge in [-0.2, -0.15) is 0 Å². The zero-order valence-electron chi connectivity index (χ0n) is 14.7. The fourth-order valence-electron chi connectivity index (χ4n) is 2.91. The van der Waals surface area contributed by atoms with Gasteiger partial charge in [0.05, 0.1) is 5.69 Å². The van der Waals surface area contributed by atoms with Crippen molar-refractivity contribution in [2.24, 2.45) is 4.99 Å². The molecule has 1 aromatic carbocycles. The molecule has 1 amide bonds. The lowest BCUT2D eigenvalue weighted by Crippen LogP contribution is -2.28. The number of fused-ring (bicyclic) bond motifs is 1. The molecule has 0 saturated carbocycles. The second-order valence-corrected chi connectivity index (χ2v) is 6.20. The summed E-state index contributed by atoms with van der Waals surface area (Å²) in [4.78, 5) is 28.7. The minimum atomic E-state index is -0.245. The van der Waals surface area contributed by atoms with E-state index in [-0.39, 0.29) is 11.7 Å². The van der Waals surface area contributed by atoms with Crippen molar-refractivity contribution in [3.05, 3.63) is 41.6 Å². The Bertz CT molecular complexity index is 863. The predicted octanol–water partition coefficient (Wildman–Crippen LogP) is 2.80. The molecule has 3 rings (SSSR count). The Labute approximate surface area is 146 Å². The fourth-order valence-corrected chi connectivity index (χ4v) is 2.91. The minimum absolute atomic E-state index is 0.168. The zero-order valence-corrected chi connectivity index (χ0v) is 14.7. The molecule has 25 heavy (non-hydrogen) atoms. The van der Waals surface area contributed by atoms with Gasteiger partial charge in [-0.1, -0.05) is 0 Å². The Balaban J connectivity index is 2.07. The van der Waals surface area contributed by atoms with Crippen molar-refractivity contribution in [2.75, 3.05) is 25.5 Å². The van der Waals surface area contributed by atoms with E-state index in [1.54, 1.807) is 33.2 Å². The lowest BCUT2D eigenvalue weighted by Gasteiger charge is -2.21. The van der Waals surface area contributed by atoms with E-state index in [2.05, 4.69) is 15.0 Å². The summed E-state index contributed by atoms with van der Waals surface area (Å²) in [7, 11) is 3.36. The second kappa shape index (κ2) is 6.58. The molecule has 0 spiro atoms. The van der Waals surface area contributed by atoms with Gasteiger partial charge in [-0.15, -0.1) is 0 Å². The Morgan fingerprint density at radius 1 is 1.32 bits per heavy atom. The van der Waals surface area contributed by atoms with E-state index in [1.807, 2.05) is 11.8 Å². The van der Waals surface area contributed by atoms with Crippen LogP contribution in [0.15, 0.2) is 29.5 Å². The summed E-state index contributed by atoms with van der Waals surface area (Å²) < 4.78 is 13.5. The number of hydrogen-bond acceptors (Lipinski definition) is 5. The van der Waals surface area contributed by atoms with E-state index in [9.17, 15) is 9.18 Å². The SMILES string of the molecule is C/C(=N\c1c(C)ncnc1N1CCc2cc(F)ccc21)C(=O)N(C)C. The smallest absolute Gasteiger partial charge is 0.267 e. The maximum absolute atomic E-state index is 13.5. The molecule has 0 aliphatic carbocycles. The number of rotatable bonds is 3. The molecule has 0 radical (unpaired) electrons. The molecule has 130 valence electrons. The van der Waals surface area contributed by atoms with Crippen molar-refractivity contribution in [2.45, 2.75) is 20.3 Å². The average molecular weight is 341 g/mol. The van der Waals surface area contributed by atoms with Gasteiger partial charge in [0.25, 0.3) is 5.91 Å². The molecule has 0 atom stereocenters. The van der Waals surface area contributed by atoms with Gasteiger partial charge in [-0.05, 0) is 44.0 Å². The fraction of sp³-hybridized carbons (Fsp3) is 0.333. The van der Waals surface area contributed by atoms with Crippen LogP contribution in [0.4, 0.5) is 21.6 Å². The summed E-state index contributed by atoms with van der Waals surface area (Å²) in [5.41, 5.74) is 3.46. The number of carbonyl (C=O) groups excluding carboxylic acids is 1. The molecule has 0 unspecified atom stereocenters. The highest BCUT2D eigenvalue weighted by atomic mass is 19.1. The van der Waals surface area contributed by atoms with E-state index in [4.69, 9.17) is 0 Å². The normalized spacial score (nSPS) is 13.8. The van der Waals surface area contributed by atoms with Crippen molar-refractivity contribution >= 4 is 28.8 Å². The van der Waals surface area contributed by atoms with Crippen molar-refractivity contribution in [3.8, 4) is 0 Å². The third-order valence-corrected chi connectivity index (χ3v) is 4.17. The largest absolute Gasteiger partial charge is 0.344 e. The van der Waals surface area contributed by atoms with Crippen LogP contribution < -0.4 is 4.90 Å². The third-order valence-electron chi connectivity index (χ3n) is 4.17. The zero-order chi connectivity index (χ0) is 18.1. The van der Waals surface area contributed by atoms with Crippen LogP contribution in [0.3, 0.4) is 0 Å². The topological polar surface area (TPSA) is 61.7 Å². The van der Waals surface area contributed by atoms with Crippen molar-refractivity contribution < 1.29 is 9.18 Å². The Morgan fingerprint density at radius 2 is 2.08 bits per heavy atom. The summed E-state index contributed by atoms with van der Waals surface area (Å²) in [5.74, 6) is 0.215. The van der Waals surface area contributed by atoms with Gasteiger partial charge in [0.15, 0.2) is 5.82 Å². The van der Waals surface area contributed by atoms with Gasteiger partial charge in [-0.3, -0.25) is 4.79 Å². The van der Waals surface area contributed by atoms with Gasteiger partial charge in [0, 0.05) is 26.3 Å². The highest BCUT2D eigenvalue weighted by molar-refractivity contribution is 6.38. The summed E-state index contributed by atoms with van der Waals surface area (Å²) in [6, 6.07) is 4.74. The van der Waals surface area contributed by atoms with Crippen LogP contribution in [0, 0.1) is 12.7 Å². The second-order valence-electron chi connectivity index (χ2n) is 6.20. The molecule has 2 aromatic rings. The van der Waals surface area contributed by atoms with E-state index in [1.165, 1.54) is 17.3 Å². The summed E-state index contributed by atoms with van der Waals surface area (Å²) in [6.45, 7) is 4.18. The van der Waals surface area contributed by atoms with Crippen LogP contribution >= 0.6 is 0 Å². The number of anilines is 2. The molecule has 2 heterocycles. The molecular weight excluding hydrogens is 321 g/mol. The number of nitrogens with zero attached hydrogens (tertiary/aromatic N) is 5. The molecule has 0 N–H and O–H groups in total.